The topological polar surface area (TPSA) is 52.9 Å². The molecule has 0 bridgehead atoms. The van der Waals surface area contributed by atoms with Gasteiger partial charge in [0.1, 0.15) is 5.54 Å². The van der Waals surface area contributed by atoms with Gasteiger partial charge in [0, 0.05) is 10.0 Å². The Labute approximate surface area is 115 Å². The van der Waals surface area contributed by atoms with Crippen LogP contribution in [0.3, 0.4) is 0 Å². The second-order valence-corrected chi connectivity index (χ2v) is 5.73. The van der Waals surface area contributed by atoms with E-state index in [1.54, 1.807) is 6.07 Å². The molecular weight excluding hydrogens is 292 g/mol. The zero-order chi connectivity index (χ0) is 13.2. The molecule has 0 heterocycles. The number of aryl methyl sites for hydroxylation is 1. The lowest BCUT2D eigenvalue weighted by Gasteiger charge is -2.22. The summed E-state index contributed by atoms with van der Waals surface area (Å²) >= 11 is 3.36. The number of nitriles is 1. The van der Waals surface area contributed by atoms with Gasteiger partial charge in [-0.05, 0) is 50.3 Å². The molecule has 1 N–H and O–H groups in total. The molecule has 1 amide bonds. The van der Waals surface area contributed by atoms with Crippen LogP contribution in [0.1, 0.15) is 41.6 Å². The van der Waals surface area contributed by atoms with Gasteiger partial charge in [0.25, 0.3) is 5.91 Å². The Hall–Kier alpha value is -1.34. The van der Waals surface area contributed by atoms with Crippen LogP contribution in [-0.2, 0) is 0 Å². The van der Waals surface area contributed by atoms with Crippen molar-refractivity contribution >= 4 is 21.8 Å². The minimum absolute atomic E-state index is 0.155. The van der Waals surface area contributed by atoms with Gasteiger partial charge in [0.15, 0.2) is 0 Å². The number of nitrogens with one attached hydrogen (secondary N) is 1. The smallest absolute Gasteiger partial charge is 0.252 e. The van der Waals surface area contributed by atoms with E-state index < -0.39 is 5.54 Å². The summed E-state index contributed by atoms with van der Waals surface area (Å²) in [5.74, 6) is -0.155. The lowest BCUT2D eigenvalue weighted by molar-refractivity contribution is 0.0920. The predicted octanol–water partition coefficient (Wildman–Crippen LogP) is 3.32. The molecule has 94 valence electrons. The van der Waals surface area contributed by atoms with Crippen molar-refractivity contribution in [1.82, 2.24) is 5.32 Å². The molecular formula is C14H15BrN2O. The van der Waals surface area contributed by atoms with Crippen molar-refractivity contribution in [1.29, 1.82) is 5.26 Å². The molecule has 1 saturated carbocycles. The highest BCUT2D eigenvalue weighted by Crippen LogP contribution is 2.29. The third-order valence-corrected chi connectivity index (χ3v) is 3.96. The monoisotopic (exact) mass is 306 g/mol. The van der Waals surface area contributed by atoms with E-state index in [0.29, 0.717) is 5.56 Å². The summed E-state index contributed by atoms with van der Waals surface area (Å²) in [4.78, 5) is 12.3. The number of amides is 1. The second-order valence-electron chi connectivity index (χ2n) is 4.81. The average molecular weight is 307 g/mol. The van der Waals surface area contributed by atoms with Crippen molar-refractivity contribution < 1.29 is 4.79 Å². The predicted molar refractivity (Wildman–Crippen MR) is 73.2 cm³/mol. The SMILES string of the molecule is Cc1ccc(Br)cc1C(=O)NC1(C#N)CCCC1. The van der Waals surface area contributed by atoms with Crippen molar-refractivity contribution in [3.8, 4) is 6.07 Å². The van der Waals surface area contributed by atoms with Crippen molar-refractivity contribution in [3.05, 3.63) is 33.8 Å². The van der Waals surface area contributed by atoms with Crippen LogP contribution < -0.4 is 5.32 Å². The molecule has 2 rings (SSSR count). The molecule has 0 unspecified atom stereocenters. The number of carbonyl (C=O) groups excluding carboxylic acids is 1. The Balaban J connectivity index is 2.22. The van der Waals surface area contributed by atoms with Gasteiger partial charge >= 0.3 is 0 Å². The van der Waals surface area contributed by atoms with E-state index in [4.69, 9.17) is 0 Å². The van der Waals surface area contributed by atoms with Crippen LogP contribution >= 0.6 is 15.9 Å². The molecule has 0 aliphatic heterocycles. The molecule has 0 spiro atoms. The zero-order valence-corrected chi connectivity index (χ0v) is 11.9. The van der Waals surface area contributed by atoms with Crippen molar-refractivity contribution in [2.45, 2.75) is 38.1 Å². The van der Waals surface area contributed by atoms with E-state index in [0.717, 1.165) is 35.7 Å². The summed E-state index contributed by atoms with van der Waals surface area (Å²) in [6, 6.07) is 7.86. The maximum atomic E-state index is 12.3. The van der Waals surface area contributed by atoms with Crippen LogP contribution in [-0.4, -0.2) is 11.4 Å². The molecule has 0 atom stereocenters. The number of carbonyl (C=O) groups is 1. The van der Waals surface area contributed by atoms with Crippen molar-refractivity contribution in [2.24, 2.45) is 0 Å². The average Bonchev–Trinajstić information content (AvgIpc) is 2.81. The molecule has 0 radical (unpaired) electrons. The Bertz CT molecular complexity index is 513. The van der Waals surface area contributed by atoms with Crippen LogP contribution in [0.5, 0.6) is 0 Å². The molecule has 1 aliphatic carbocycles. The number of hydrogen-bond acceptors (Lipinski definition) is 2. The van der Waals surface area contributed by atoms with Crippen LogP contribution in [0, 0.1) is 18.3 Å². The number of nitrogens with zero attached hydrogens (tertiary/aromatic N) is 1. The zero-order valence-electron chi connectivity index (χ0n) is 10.3. The fraction of sp³-hybridized carbons (Fsp3) is 0.429. The van der Waals surface area contributed by atoms with Gasteiger partial charge in [-0.1, -0.05) is 22.0 Å². The van der Waals surface area contributed by atoms with E-state index in [9.17, 15) is 10.1 Å². The Kier molecular flexibility index (Phi) is 3.72. The Morgan fingerprint density at radius 1 is 1.44 bits per heavy atom. The first-order chi connectivity index (χ1) is 8.56. The first-order valence-corrected chi connectivity index (χ1v) is 6.85. The van der Waals surface area contributed by atoms with Crippen LogP contribution in [0.2, 0.25) is 0 Å². The fourth-order valence-corrected chi connectivity index (χ4v) is 2.73. The van der Waals surface area contributed by atoms with Gasteiger partial charge in [-0.3, -0.25) is 4.79 Å². The van der Waals surface area contributed by atoms with E-state index in [2.05, 4.69) is 27.3 Å². The first-order valence-electron chi connectivity index (χ1n) is 6.06. The molecule has 1 aromatic rings. The number of rotatable bonds is 2. The molecule has 4 heteroatoms. The van der Waals surface area contributed by atoms with E-state index in [1.165, 1.54) is 0 Å². The largest absolute Gasteiger partial charge is 0.334 e. The van der Waals surface area contributed by atoms with Crippen LogP contribution in [0.4, 0.5) is 0 Å². The maximum Gasteiger partial charge on any atom is 0.252 e. The normalized spacial score (nSPS) is 17.2. The summed E-state index contributed by atoms with van der Waals surface area (Å²) in [6.07, 6.45) is 3.52. The fourth-order valence-electron chi connectivity index (χ4n) is 2.37. The lowest BCUT2D eigenvalue weighted by atomic mass is 9.98. The van der Waals surface area contributed by atoms with E-state index >= 15 is 0 Å². The van der Waals surface area contributed by atoms with Gasteiger partial charge in [-0.25, -0.2) is 0 Å². The third-order valence-electron chi connectivity index (χ3n) is 3.47. The van der Waals surface area contributed by atoms with Gasteiger partial charge in [-0.15, -0.1) is 0 Å². The molecule has 0 saturated heterocycles. The number of hydrogen-bond donors (Lipinski definition) is 1. The number of benzene rings is 1. The minimum Gasteiger partial charge on any atom is -0.334 e. The Morgan fingerprint density at radius 2 is 2.11 bits per heavy atom. The van der Waals surface area contributed by atoms with Crippen LogP contribution in [0.15, 0.2) is 22.7 Å². The molecule has 3 nitrogen and oxygen atoms in total. The number of halogens is 1. The molecule has 1 aliphatic rings. The maximum absolute atomic E-state index is 12.3. The van der Waals surface area contributed by atoms with Gasteiger partial charge in [-0.2, -0.15) is 5.26 Å². The minimum atomic E-state index is -0.661. The highest BCUT2D eigenvalue weighted by Gasteiger charge is 2.35. The van der Waals surface area contributed by atoms with E-state index in [-0.39, 0.29) is 5.91 Å². The summed E-state index contributed by atoms with van der Waals surface area (Å²) in [5.41, 5.74) is 0.888. The summed E-state index contributed by atoms with van der Waals surface area (Å²) in [7, 11) is 0. The van der Waals surface area contributed by atoms with Gasteiger partial charge in [0.2, 0.25) is 0 Å². The summed E-state index contributed by atoms with van der Waals surface area (Å²) in [6.45, 7) is 1.90. The standard InChI is InChI=1S/C14H15BrN2O/c1-10-4-5-11(15)8-12(10)13(18)17-14(9-16)6-2-3-7-14/h4-5,8H,2-3,6-7H2,1H3,(H,17,18). The van der Waals surface area contributed by atoms with Crippen LogP contribution in [0.25, 0.3) is 0 Å². The van der Waals surface area contributed by atoms with Crippen molar-refractivity contribution in [3.63, 3.8) is 0 Å². The summed E-state index contributed by atoms with van der Waals surface area (Å²) < 4.78 is 0.871. The highest BCUT2D eigenvalue weighted by molar-refractivity contribution is 9.10. The highest BCUT2D eigenvalue weighted by atomic mass is 79.9. The van der Waals surface area contributed by atoms with Crippen molar-refractivity contribution in [2.75, 3.05) is 0 Å². The lowest BCUT2D eigenvalue weighted by Crippen LogP contribution is -2.45. The molecule has 18 heavy (non-hydrogen) atoms. The first kappa shape index (κ1) is 13.1. The summed E-state index contributed by atoms with van der Waals surface area (Å²) in [5, 5.41) is 12.2. The second kappa shape index (κ2) is 5.11. The van der Waals surface area contributed by atoms with E-state index in [1.807, 2.05) is 19.1 Å². The van der Waals surface area contributed by atoms with Gasteiger partial charge < -0.3 is 5.32 Å². The molecule has 1 aromatic carbocycles. The molecule has 0 aromatic heterocycles. The third kappa shape index (κ3) is 2.56. The quantitative estimate of drug-likeness (QED) is 0.911. The van der Waals surface area contributed by atoms with Gasteiger partial charge in [0.05, 0.1) is 6.07 Å². The molecule has 1 fully saturated rings. The Morgan fingerprint density at radius 3 is 2.72 bits per heavy atom.